The molecule has 34 heavy (non-hydrogen) atoms. The molecule has 0 spiro atoms. The molecule has 3 aromatic carbocycles. The van der Waals surface area contributed by atoms with E-state index < -0.39 is 29.5 Å². The van der Waals surface area contributed by atoms with E-state index in [4.69, 9.17) is 0 Å². The van der Waals surface area contributed by atoms with E-state index in [1.165, 1.54) is 21.9 Å². The number of carbonyl (C=O) groups excluding carboxylic acids is 1. The second-order valence-corrected chi connectivity index (χ2v) is 9.15. The molecule has 4 rings (SSSR count). The zero-order valence-electron chi connectivity index (χ0n) is 19.5. The van der Waals surface area contributed by atoms with Gasteiger partial charge in [0.1, 0.15) is 0 Å². The van der Waals surface area contributed by atoms with Crippen molar-refractivity contribution in [2.75, 3.05) is 9.80 Å². The van der Waals surface area contributed by atoms with Gasteiger partial charge in [-0.25, -0.2) is 4.79 Å². The number of aliphatic hydroxyl groups is 1. The number of nitrogens with zero attached hydrogens (tertiary/aromatic N) is 2. The van der Waals surface area contributed by atoms with Crippen LogP contribution >= 0.6 is 0 Å². The molecule has 0 saturated carbocycles. The van der Waals surface area contributed by atoms with E-state index in [9.17, 15) is 23.1 Å². The Kier molecular flexibility index (Phi) is 5.94. The highest BCUT2D eigenvalue weighted by atomic mass is 19.4. The molecule has 4 nitrogen and oxygen atoms in total. The first-order valence-electron chi connectivity index (χ1n) is 11.1. The standard InChI is InChI=1S/C27H27F3N2O2/c1-17(2)24-26(34,21-7-5-6-19(4)16-21)32(23-12-8-18(3)9-13-23)25(33)31(24)22-14-10-20(11-15-22)27(28,29)30/h5-17,24,34H,1-4H3/t24-,26?/m1/s1. The first-order chi connectivity index (χ1) is 15.9. The Balaban J connectivity index is 1.93. The van der Waals surface area contributed by atoms with Crippen LogP contribution in [0.5, 0.6) is 0 Å². The lowest BCUT2D eigenvalue weighted by molar-refractivity contribution is -0.137. The van der Waals surface area contributed by atoms with Gasteiger partial charge in [-0.2, -0.15) is 13.2 Å². The highest BCUT2D eigenvalue weighted by Crippen LogP contribution is 2.47. The maximum Gasteiger partial charge on any atom is 0.416 e. The third-order valence-electron chi connectivity index (χ3n) is 6.27. The van der Waals surface area contributed by atoms with Crippen LogP contribution in [0.1, 0.15) is 36.1 Å². The van der Waals surface area contributed by atoms with Crippen molar-refractivity contribution in [1.82, 2.24) is 0 Å². The van der Waals surface area contributed by atoms with Crippen LogP contribution in [0.15, 0.2) is 72.8 Å². The fraction of sp³-hybridized carbons (Fsp3) is 0.296. The molecule has 178 valence electrons. The summed E-state index contributed by atoms with van der Waals surface area (Å²) < 4.78 is 39.4. The van der Waals surface area contributed by atoms with Gasteiger partial charge in [0.2, 0.25) is 0 Å². The number of carbonyl (C=O) groups is 1. The van der Waals surface area contributed by atoms with Gasteiger partial charge in [0.05, 0.1) is 11.6 Å². The van der Waals surface area contributed by atoms with Crippen LogP contribution in [0.25, 0.3) is 0 Å². The van der Waals surface area contributed by atoms with Crippen molar-refractivity contribution in [1.29, 1.82) is 0 Å². The number of alkyl halides is 3. The van der Waals surface area contributed by atoms with E-state index in [0.717, 1.165) is 23.3 Å². The highest BCUT2D eigenvalue weighted by Gasteiger charge is 2.59. The van der Waals surface area contributed by atoms with Crippen LogP contribution in [0.4, 0.5) is 29.3 Å². The first-order valence-corrected chi connectivity index (χ1v) is 11.1. The second kappa shape index (κ2) is 8.47. The van der Waals surface area contributed by atoms with Crippen molar-refractivity contribution < 1.29 is 23.1 Å². The van der Waals surface area contributed by atoms with E-state index >= 15 is 0 Å². The van der Waals surface area contributed by atoms with Crippen molar-refractivity contribution in [2.45, 2.75) is 45.6 Å². The largest absolute Gasteiger partial charge is 0.416 e. The van der Waals surface area contributed by atoms with Crippen LogP contribution in [0, 0.1) is 19.8 Å². The number of hydrogen-bond donors (Lipinski definition) is 1. The Morgan fingerprint density at radius 3 is 2.00 bits per heavy atom. The molecule has 2 atom stereocenters. The summed E-state index contributed by atoms with van der Waals surface area (Å²) in [4.78, 5) is 16.7. The van der Waals surface area contributed by atoms with Gasteiger partial charge in [0.25, 0.3) is 0 Å². The van der Waals surface area contributed by atoms with Crippen molar-refractivity contribution in [2.24, 2.45) is 5.92 Å². The van der Waals surface area contributed by atoms with Crippen LogP contribution < -0.4 is 9.80 Å². The Morgan fingerprint density at radius 1 is 0.882 bits per heavy atom. The van der Waals surface area contributed by atoms with E-state index in [0.29, 0.717) is 11.3 Å². The number of amides is 2. The fourth-order valence-corrected chi connectivity index (χ4v) is 4.70. The Bertz CT molecular complexity index is 1190. The quantitative estimate of drug-likeness (QED) is 0.467. The number of aryl methyl sites for hydroxylation is 2. The van der Waals surface area contributed by atoms with Crippen molar-refractivity contribution in [3.05, 3.63) is 95.1 Å². The summed E-state index contributed by atoms with van der Waals surface area (Å²) in [5.41, 5.74) is 0.682. The minimum Gasteiger partial charge on any atom is -0.365 e. The number of anilines is 2. The second-order valence-electron chi connectivity index (χ2n) is 9.15. The monoisotopic (exact) mass is 468 g/mol. The molecule has 1 saturated heterocycles. The SMILES string of the molecule is Cc1ccc(N2C(=O)N(c3ccc(C(F)(F)F)cc3)[C@H](C(C)C)C2(O)c2cccc(C)c2)cc1. The first kappa shape index (κ1) is 23.8. The molecule has 2 amide bonds. The van der Waals surface area contributed by atoms with Gasteiger partial charge in [0, 0.05) is 16.9 Å². The van der Waals surface area contributed by atoms with Gasteiger partial charge in [-0.15, -0.1) is 0 Å². The number of rotatable bonds is 4. The minimum absolute atomic E-state index is 0.229. The molecule has 0 bridgehead atoms. The van der Waals surface area contributed by atoms with Gasteiger partial charge < -0.3 is 5.11 Å². The maximum absolute atomic E-state index is 13.9. The van der Waals surface area contributed by atoms with Crippen molar-refractivity contribution >= 4 is 17.4 Å². The molecule has 1 fully saturated rings. The van der Waals surface area contributed by atoms with Crippen molar-refractivity contribution in [3.8, 4) is 0 Å². The van der Waals surface area contributed by atoms with E-state index in [-0.39, 0.29) is 11.6 Å². The fourth-order valence-electron chi connectivity index (χ4n) is 4.70. The van der Waals surface area contributed by atoms with Gasteiger partial charge in [-0.1, -0.05) is 61.4 Å². The topological polar surface area (TPSA) is 43.8 Å². The third kappa shape index (κ3) is 3.94. The third-order valence-corrected chi connectivity index (χ3v) is 6.27. The predicted octanol–water partition coefficient (Wildman–Crippen LogP) is 6.64. The normalized spacial score (nSPS) is 21.0. The summed E-state index contributed by atoms with van der Waals surface area (Å²) in [6, 6.07) is 17.8. The lowest BCUT2D eigenvalue weighted by Crippen LogP contribution is -2.52. The molecule has 1 aliphatic rings. The Morgan fingerprint density at radius 2 is 1.47 bits per heavy atom. The van der Waals surface area contributed by atoms with Crippen LogP contribution in [-0.2, 0) is 11.9 Å². The molecule has 1 aliphatic heterocycles. The average Bonchev–Trinajstić information content (AvgIpc) is 3.02. The van der Waals surface area contributed by atoms with Gasteiger partial charge in [-0.05, 0) is 56.2 Å². The lowest BCUT2D eigenvalue weighted by atomic mass is 9.86. The summed E-state index contributed by atoms with van der Waals surface area (Å²) in [6.07, 6.45) is -4.48. The van der Waals surface area contributed by atoms with Crippen LogP contribution in [0.2, 0.25) is 0 Å². The molecule has 7 heteroatoms. The summed E-state index contributed by atoms with van der Waals surface area (Å²) in [7, 11) is 0. The molecule has 1 heterocycles. The molecular weight excluding hydrogens is 441 g/mol. The maximum atomic E-state index is 13.9. The molecular formula is C27H27F3N2O2. The van der Waals surface area contributed by atoms with Gasteiger partial charge in [-0.3, -0.25) is 9.80 Å². The van der Waals surface area contributed by atoms with Crippen molar-refractivity contribution in [3.63, 3.8) is 0 Å². The molecule has 1 unspecified atom stereocenters. The molecule has 1 N–H and O–H groups in total. The number of halogens is 3. The Hall–Kier alpha value is -3.32. The summed E-state index contributed by atoms with van der Waals surface area (Å²) in [6.45, 7) is 7.59. The van der Waals surface area contributed by atoms with Crippen LogP contribution in [0.3, 0.4) is 0 Å². The number of hydrogen-bond acceptors (Lipinski definition) is 2. The smallest absolute Gasteiger partial charge is 0.365 e. The van der Waals surface area contributed by atoms with E-state index in [2.05, 4.69) is 0 Å². The lowest BCUT2D eigenvalue weighted by Gasteiger charge is -2.39. The molecule has 0 aromatic heterocycles. The van der Waals surface area contributed by atoms with E-state index in [1.54, 1.807) is 18.2 Å². The summed E-state index contributed by atoms with van der Waals surface area (Å²) in [5, 5.41) is 12.4. The average molecular weight is 469 g/mol. The van der Waals surface area contributed by atoms with Gasteiger partial charge >= 0.3 is 12.2 Å². The molecule has 0 radical (unpaired) electrons. The number of urea groups is 1. The minimum atomic E-state index is -4.48. The molecule has 3 aromatic rings. The summed E-state index contributed by atoms with van der Waals surface area (Å²) in [5.74, 6) is -0.229. The van der Waals surface area contributed by atoms with Gasteiger partial charge in [0.15, 0.2) is 5.72 Å². The Labute approximate surface area is 197 Å². The predicted molar refractivity (Wildman–Crippen MR) is 127 cm³/mol. The van der Waals surface area contributed by atoms with Crippen LogP contribution in [-0.4, -0.2) is 17.2 Å². The number of benzene rings is 3. The highest BCUT2D eigenvalue weighted by molar-refractivity contribution is 6.08. The van der Waals surface area contributed by atoms with E-state index in [1.807, 2.05) is 58.0 Å². The molecule has 0 aliphatic carbocycles. The summed E-state index contributed by atoms with van der Waals surface area (Å²) >= 11 is 0. The zero-order chi connectivity index (χ0) is 24.8. The zero-order valence-corrected chi connectivity index (χ0v) is 19.5.